The van der Waals surface area contributed by atoms with Crippen molar-refractivity contribution in [2.45, 2.75) is 20.3 Å². The quantitative estimate of drug-likeness (QED) is 0.363. The minimum Gasteiger partial charge on any atom is -0.454 e. The lowest BCUT2D eigenvalue weighted by Crippen LogP contribution is -2.42. The predicted molar refractivity (Wildman–Crippen MR) is 109 cm³/mol. The van der Waals surface area contributed by atoms with Crippen molar-refractivity contribution in [1.82, 2.24) is 15.5 Å². The van der Waals surface area contributed by atoms with Crippen LogP contribution in [-0.4, -0.2) is 57.4 Å². The zero-order valence-electron chi connectivity index (χ0n) is 14.8. The summed E-state index contributed by atoms with van der Waals surface area (Å²) in [6.45, 7) is 9.58. The van der Waals surface area contributed by atoms with Crippen molar-refractivity contribution in [1.29, 1.82) is 0 Å². The number of hydrogen-bond donors (Lipinski definition) is 2. The van der Waals surface area contributed by atoms with Crippen molar-refractivity contribution in [3.8, 4) is 11.5 Å². The molecule has 2 N–H and O–H groups in total. The molecule has 24 heavy (non-hydrogen) atoms. The molecule has 0 saturated heterocycles. The summed E-state index contributed by atoms with van der Waals surface area (Å²) in [6, 6.07) is 6.08. The monoisotopic (exact) mass is 448 g/mol. The number of nitrogens with one attached hydrogen (secondary N) is 2. The van der Waals surface area contributed by atoms with Gasteiger partial charge in [-0.05, 0) is 37.2 Å². The van der Waals surface area contributed by atoms with Crippen LogP contribution in [0.2, 0.25) is 0 Å². The first-order chi connectivity index (χ1) is 11.3. The molecule has 6 nitrogen and oxygen atoms in total. The van der Waals surface area contributed by atoms with Crippen LogP contribution in [0, 0.1) is 0 Å². The summed E-state index contributed by atoms with van der Waals surface area (Å²) in [4.78, 5) is 6.64. The molecule has 0 radical (unpaired) electrons. The highest BCUT2D eigenvalue weighted by molar-refractivity contribution is 14.0. The van der Waals surface area contributed by atoms with Crippen molar-refractivity contribution < 1.29 is 9.47 Å². The summed E-state index contributed by atoms with van der Waals surface area (Å²) in [5, 5.41) is 6.69. The van der Waals surface area contributed by atoms with E-state index in [1.165, 1.54) is 5.56 Å². The summed E-state index contributed by atoms with van der Waals surface area (Å²) in [6.07, 6.45) is 0.910. The van der Waals surface area contributed by atoms with Gasteiger partial charge in [-0.2, -0.15) is 0 Å². The van der Waals surface area contributed by atoms with Crippen molar-refractivity contribution in [3.05, 3.63) is 23.8 Å². The van der Waals surface area contributed by atoms with Crippen molar-refractivity contribution in [3.63, 3.8) is 0 Å². The van der Waals surface area contributed by atoms with E-state index < -0.39 is 0 Å². The molecule has 0 fully saturated rings. The van der Waals surface area contributed by atoms with E-state index in [-0.39, 0.29) is 24.0 Å². The third kappa shape index (κ3) is 6.35. The maximum Gasteiger partial charge on any atom is 0.231 e. The van der Waals surface area contributed by atoms with Gasteiger partial charge in [0.1, 0.15) is 0 Å². The molecule has 1 aromatic rings. The standard InChI is InChI=1S/C17H28N4O2.HI/c1-4-21(5-2)11-10-20-17(18-3)19-9-8-14-6-7-15-16(12-14)23-13-22-15;/h6-7,12H,4-5,8-11,13H2,1-3H3,(H2,18,19,20);1H. The van der Waals surface area contributed by atoms with Gasteiger partial charge in [0.05, 0.1) is 0 Å². The number of ether oxygens (including phenoxy) is 2. The normalized spacial score (nSPS) is 12.9. The SMILES string of the molecule is CCN(CC)CCNC(=NC)NCCc1ccc2c(c1)OCO2.I. The third-order valence-electron chi connectivity index (χ3n) is 3.98. The Hall–Kier alpha value is -1.22. The fraction of sp³-hybridized carbons (Fsp3) is 0.588. The maximum absolute atomic E-state index is 5.40. The topological polar surface area (TPSA) is 58.1 Å². The minimum absolute atomic E-state index is 0. The number of guanidine groups is 1. The van der Waals surface area contributed by atoms with Crippen LogP contribution in [0.5, 0.6) is 11.5 Å². The molecule has 1 aliphatic heterocycles. The summed E-state index contributed by atoms with van der Waals surface area (Å²) in [5.41, 5.74) is 1.22. The number of halogens is 1. The molecule has 0 atom stereocenters. The molecular formula is C17H29IN4O2. The van der Waals surface area contributed by atoms with Gasteiger partial charge in [0, 0.05) is 26.7 Å². The summed E-state index contributed by atoms with van der Waals surface area (Å²) in [5.74, 6) is 2.51. The zero-order chi connectivity index (χ0) is 16.5. The van der Waals surface area contributed by atoms with Gasteiger partial charge in [-0.1, -0.05) is 19.9 Å². The second-order valence-electron chi connectivity index (χ2n) is 5.39. The van der Waals surface area contributed by atoms with Crippen LogP contribution in [0.25, 0.3) is 0 Å². The molecular weight excluding hydrogens is 419 g/mol. The van der Waals surface area contributed by atoms with Gasteiger partial charge in [-0.25, -0.2) is 0 Å². The van der Waals surface area contributed by atoms with Crippen molar-refractivity contribution in [2.75, 3.05) is 46.6 Å². The van der Waals surface area contributed by atoms with E-state index in [0.717, 1.165) is 56.6 Å². The summed E-state index contributed by atoms with van der Waals surface area (Å²) < 4.78 is 10.7. The molecule has 136 valence electrons. The maximum atomic E-state index is 5.40. The lowest BCUT2D eigenvalue weighted by Gasteiger charge is -2.19. The predicted octanol–water partition coefficient (Wildman–Crippen LogP) is 2.08. The van der Waals surface area contributed by atoms with Crippen molar-refractivity contribution in [2.24, 2.45) is 4.99 Å². The van der Waals surface area contributed by atoms with Crippen LogP contribution in [0.4, 0.5) is 0 Å². The largest absolute Gasteiger partial charge is 0.454 e. The molecule has 1 heterocycles. The van der Waals surface area contributed by atoms with E-state index in [9.17, 15) is 0 Å². The van der Waals surface area contributed by atoms with Crippen LogP contribution in [0.1, 0.15) is 19.4 Å². The van der Waals surface area contributed by atoms with Crippen LogP contribution >= 0.6 is 24.0 Å². The Morgan fingerprint density at radius 1 is 1.12 bits per heavy atom. The van der Waals surface area contributed by atoms with Crippen LogP contribution in [-0.2, 0) is 6.42 Å². The second-order valence-corrected chi connectivity index (χ2v) is 5.39. The Balaban J connectivity index is 0.00000288. The van der Waals surface area contributed by atoms with Crippen LogP contribution in [0.3, 0.4) is 0 Å². The van der Waals surface area contributed by atoms with Crippen LogP contribution < -0.4 is 20.1 Å². The average Bonchev–Trinajstić information content (AvgIpc) is 3.05. The Bertz CT molecular complexity index is 521. The fourth-order valence-corrected chi connectivity index (χ4v) is 2.51. The average molecular weight is 448 g/mol. The smallest absolute Gasteiger partial charge is 0.231 e. The number of fused-ring (bicyclic) bond motifs is 1. The molecule has 0 aliphatic carbocycles. The van der Waals surface area contributed by atoms with Gasteiger partial charge in [0.15, 0.2) is 17.5 Å². The molecule has 2 rings (SSSR count). The Morgan fingerprint density at radius 3 is 2.54 bits per heavy atom. The molecule has 0 bridgehead atoms. The Labute approximate surface area is 162 Å². The molecule has 0 aromatic heterocycles. The Kier molecular flexibility index (Phi) is 9.85. The molecule has 0 amide bonds. The van der Waals surface area contributed by atoms with Gasteiger partial charge in [0.25, 0.3) is 0 Å². The zero-order valence-corrected chi connectivity index (χ0v) is 17.1. The highest BCUT2D eigenvalue weighted by Crippen LogP contribution is 2.32. The molecule has 0 spiro atoms. The first-order valence-electron chi connectivity index (χ1n) is 8.32. The van der Waals surface area contributed by atoms with Gasteiger partial charge in [-0.15, -0.1) is 24.0 Å². The molecule has 7 heteroatoms. The highest BCUT2D eigenvalue weighted by Gasteiger charge is 2.12. The number of nitrogens with zero attached hydrogens (tertiary/aromatic N) is 2. The van der Waals surface area contributed by atoms with Gasteiger partial charge < -0.3 is 25.0 Å². The molecule has 0 saturated carbocycles. The second kappa shape index (κ2) is 11.4. The number of aliphatic imine (C=N–C) groups is 1. The molecule has 1 aromatic carbocycles. The summed E-state index contributed by atoms with van der Waals surface area (Å²) >= 11 is 0. The van der Waals surface area contributed by atoms with Gasteiger partial charge in [-0.3, -0.25) is 4.99 Å². The van der Waals surface area contributed by atoms with Gasteiger partial charge in [0.2, 0.25) is 6.79 Å². The van der Waals surface area contributed by atoms with Crippen LogP contribution in [0.15, 0.2) is 23.2 Å². The van der Waals surface area contributed by atoms with Crippen molar-refractivity contribution >= 4 is 29.9 Å². The molecule has 0 unspecified atom stereocenters. The van der Waals surface area contributed by atoms with E-state index in [1.807, 2.05) is 12.1 Å². The van der Waals surface area contributed by atoms with E-state index in [2.05, 4.69) is 40.4 Å². The Morgan fingerprint density at radius 2 is 1.83 bits per heavy atom. The van der Waals surface area contributed by atoms with E-state index in [1.54, 1.807) is 7.05 Å². The summed E-state index contributed by atoms with van der Waals surface area (Å²) in [7, 11) is 1.80. The fourth-order valence-electron chi connectivity index (χ4n) is 2.51. The van der Waals surface area contributed by atoms with E-state index in [0.29, 0.717) is 6.79 Å². The number of hydrogen-bond acceptors (Lipinski definition) is 4. The number of likely N-dealkylation sites (N-methyl/N-ethyl adjacent to an activating group) is 1. The highest BCUT2D eigenvalue weighted by atomic mass is 127. The first-order valence-corrected chi connectivity index (χ1v) is 8.32. The lowest BCUT2D eigenvalue weighted by atomic mass is 10.1. The first kappa shape index (κ1) is 20.8. The number of rotatable bonds is 8. The van der Waals surface area contributed by atoms with Gasteiger partial charge >= 0.3 is 0 Å². The van der Waals surface area contributed by atoms with E-state index >= 15 is 0 Å². The lowest BCUT2D eigenvalue weighted by molar-refractivity contribution is 0.174. The minimum atomic E-state index is 0. The van der Waals surface area contributed by atoms with E-state index in [4.69, 9.17) is 9.47 Å². The molecule has 1 aliphatic rings. The third-order valence-corrected chi connectivity index (χ3v) is 3.98. The number of benzene rings is 1.